The second-order valence-electron chi connectivity index (χ2n) is 9.98. The van der Waals surface area contributed by atoms with Crippen molar-refractivity contribution in [1.82, 2.24) is 9.96 Å². The Kier molecular flexibility index (Phi) is 9.45. The molecule has 3 aliphatic heterocycles. The Morgan fingerprint density at radius 1 is 1.14 bits per heavy atom. The number of hydrogen-bond acceptors (Lipinski definition) is 7. The van der Waals surface area contributed by atoms with Crippen LogP contribution in [-0.2, 0) is 19.2 Å². The van der Waals surface area contributed by atoms with Gasteiger partial charge in [-0.2, -0.15) is 0 Å². The minimum Gasteiger partial charge on any atom is -0.481 e. The van der Waals surface area contributed by atoms with Crippen molar-refractivity contribution < 1.29 is 33.7 Å². The van der Waals surface area contributed by atoms with Gasteiger partial charge >= 0.3 is 5.97 Å². The zero-order valence-electron chi connectivity index (χ0n) is 21.5. The third-order valence-corrected chi connectivity index (χ3v) is 7.41. The molecule has 0 saturated carbocycles. The Hall–Kier alpha value is -2.36. The molecule has 0 aromatic heterocycles. The Morgan fingerprint density at radius 3 is 2.69 bits per heavy atom. The third-order valence-electron chi connectivity index (χ3n) is 7.41. The van der Waals surface area contributed by atoms with Crippen molar-refractivity contribution in [3.05, 3.63) is 23.8 Å². The molecule has 200 valence electrons. The van der Waals surface area contributed by atoms with Crippen LogP contribution in [0.3, 0.4) is 0 Å². The molecule has 4 rings (SSSR count). The SMILES string of the molecule is CCCON(CCC)C(=O)CN1C[C@H](c2ccc3c(c2)OCO3)[C@@H](C(=O)O)[C@@H]1CCC1CCCCO1. The predicted molar refractivity (Wildman–Crippen MR) is 133 cm³/mol. The number of carbonyl (C=O) groups is 2. The number of carbonyl (C=O) groups excluding carboxylic acids is 1. The molecule has 3 aliphatic rings. The maximum Gasteiger partial charge on any atom is 0.308 e. The lowest BCUT2D eigenvalue weighted by Gasteiger charge is -2.31. The average molecular weight is 505 g/mol. The molecule has 1 aromatic rings. The lowest BCUT2D eigenvalue weighted by Crippen LogP contribution is -2.44. The summed E-state index contributed by atoms with van der Waals surface area (Å²) in [4.78, 5) is 33.7. The molecule has 0 radical (unpaired) electrons. The summed E-state index contributed by atoms with van der Waals surface area (Å²) in [5, 5.41) is 11.8. The number of rotatable bonds is 12. The molecule has 1 unspecified atom stereocenters. The van der Waals surface area contributed by atoms with Crippen molar-refractivity contribution in [3.8, 4) is 11.5 Å². The van der Waals surface area contributed by atoms with Crippen molar-refractivity contribution >= 4 is 11.9 Å². The van der Waals surface area contributed by atoms with Gasteiger partial charge in [0, 0.05) is 31.7 Å². The van der Waals surface area contributed by atoms with Crippen molar-refractivity contribution in [3.63, 3.8) is 0 Å². The van der Waals surface area contributed by atoms with Gasteiger partial charge in [-0.1, -0.05) is 19.9 Å². The van der Waals surface area contributed by atoms with E-state index in [0.717, 1.165) is 50.7 Å². The fourth-order valence-corrected chi connectivity index (χ4v) is 5.64. The third kappa shape index (κ3) is 6.30. The van der Waals surface area contributed by atoms with E-state index in [4.69, 9.17) is 19.0 Å². The van der Waals surface area contributed by atoms with E-state index in [2.05, 4.69) is 4.90 Å². The highest BCUT2D eigenvalue weighted by atomic mass is 16.7. The molecule has 0 spiro atoms. The summed E-state index contributed by atoms with van der Waals surface area (Å²) in [6.07, 6.45) is 6.43. The fourth-order valence-electron chi connectivity index (χ4n) is 5.64. The quantitative estimate of drug-likeness (QED) is 0.429. The molecule has 0 bridgehead atoms. The number of carboxylic acids is 1. The number of aliphatic carboxylic acids is 1. The minimum atomic E-state index is -0.838. The van der Waals surface area contributed by atoms with Crippen LogP contribution in [-0.4, -0.2) is 78.7 Å². The summed E-state index contributed by atoms with van der Waals surface area (Å²) >= 11 is 0. The summed E-state index contributed by atoms with van der Waals surface area (Å²) in [5.74, 6) is -0.559. The van der Waals surface area contributed by atoms with Gasteiger partial charge in [0.2, 0.25) is 6.79 Å². The minimum absolute atomic E-state index is 0.125. The van der Waals surface area contributed by atoms with Gasteiger partial charge in [0.05, 0.1) is 25.2 Å². The first kappa shape index (κ1) is 26.7. The lowest BCUT2D eigenvalue weighted by molar-refractivity contribution is -0.188. The number of ether oxygens (including phenoxy) is 3. The van der Waals surface area contributed by atoms with E-state index in [9.17, 15) is 14.7 Å². The van der Waals surface area contributed by atoms with Crippen molar-refractivity contribution in [2.45, 2.75) is 76.9 Å². The Labute approximate surface area is 213 Å². The lowest BCUT2D eigenvalue weighted by atomic mass is 9.83. The summed E-state index contributed by atoms with van der Waals surface area (Å²) in [6.45, 7) is 6.55. The van der Waals surface area contributed by atoms with Gasteiger partial charge in [-0.3, -0.25) is 19.3 Å². The molecule has 3 heterocycles. The monoisotopic (exact) mass is 504 g/mol. The van der Waals surface area contributed by atoms with Gasteiger partial charge in [0.15, 0.2) is 11.5 Å². The van der Waals surface area contributed by atoms with Crippen LogP contribution in [0.5, 0.6) is 11.5 Å². The summed E-state index contributed by atoms with van der Waals surface area (Å²) in [7, 11) is 0. The first-order chi connectivity index (χ1) is 17.5. The smallest absolute Gasteiger partial charge is 0.308 e. The second-order valence-corrected chi connectivity index (χ2v) is 9.98. The number of amides is 1. The highest BCUT2D eigenvalue weighted by Gasteiger charge is 2.47. The predicted octanol–water partition coefficient (Wildman–Crippen LogP) is 3.81. The second kappa shape index (κ2) is 12.7. The van der Waals surface area contributed by atoms with E-state index in [-0.39, 0.29) is 37.3 Å². The molecule has 2 saturated heterocycles. The van der Waals surface area contributed by atoms with E-state index in [1.165, 1.54) is 5.06 Å². The Morgan fingerprint density at radius 2 is 1.97 bits per heavy atom. The number of likely N-dealkylation sites (tertiary alicyclic amines) is 1. The molecule has 0 aliphatic carbocycles. The zero-order valence-corrected chi connectivity index (χ0v) is 21.5. The number of nitrogens with zero attached hydrogens (tertiary/aromatic N) is 2. The molecule has 9 heteroatoms. The molecular weight excluding hydrogens is 464 g/mol. The zero-order chi connectivity index (χ0) is 25.5. The van der Waals surface area contributed by atoms with Crippen LogP contribution in [0.15, 0.2) is 18.2 Å². The average Bonchev–Trinajstić information content (AvgIpc) is 3.50. The van der Waals surface area contributed by atoms with Gasteiger partial charge in [-0.15, -0.1) is 0 Å². The summed E-state index contributed by atoms with van der Waals surface area (Å²) in [6, 6.07) is 5.39. The molecule has 4 atom stereocenters. The molecule has 1 aromatic carbocycles. The van der Waals surface area contributed by atoms with Crippen LogP contribution >= 0.6 is 0 Å². The van der Waals surface area contributed by atoms with Crippen LogP contribution in [0.25, 0.3) is 0 Å². The molecular formula is C27H40N2O7. The van der Waals surface area contributed by atoms with Crippen LogP contribution in [0, 0.1) is 5.92 Å². The number of hydrogen-bond donors (Lipinski definition) is 1. The van der Waals surface area contributed by atoms with Crippen LogP contribution in [0.1, 0.15) is 70.3 Å². The van der Waals surface area contributed by atoms with E-state index < -0.39 is 11.9 Å². The summed E-state index contributed by atoms with van der Waals surface area (Å²) < 4.78 is 16.9. The van der Waals surface area contributed by atoms with E-state index in [1.54, 1.807) is 0 Å². The molecule has 36 heavy (non-hydrogen) atoms. The van der Waals surface area contributed by atoms with Gasteiger partial charge in [0.25, 0.3) is 5.91 Å². The van der Waals surface area contributed by atoms with Crippen LogP contribution < -0.4 is 9.47 Å². The van der Waals surface area contributed by atoms with Crippen LogP contribution in [0.4, 0.5) is 0 Å². The van der Waals surface area contributed by atoms with Gasteiger partial charge in [0.1, 0.15) is 0 Å². The van der Waals surface area contributed by atoms with E-state index >= 15 is 0 Å². The largest absolute Gasteiger partial charge is 0.481 e. The maximum absolute atomic E-state index is 13.3. The number of benzene rings is 1. The normalized spacial score (nSPS) is 25.7. The van der Waals surface area contributed by atoms with Gasteiger partial charge < -0.3 is 19.3 Å². The first-order valence-corrected chi connectivity index (χ1v) is 13.4. The number of hydroxylamine groups is 2. The van der Waals surface area contributed by atoms with Crippen LogP contribution in [0.2, 0.25) is 0 Å². The fraction of sp³-hybridized carbons (Fsp3) is 0.704. The summed E-state index contributed by atoms with van der Waals surface area (Å²) in [5.41, 5.74) is 0.896. The van der Waals surface area contributed by atoms with Gasteiger partial charge in [-0.25, -0.2) is 5.06 Å². The van der Waals surface area contributed by atoms with E-state index in [1.807, 2.05) is 32.0 Å². The maximum atomic E-state index is 13.3. The molecule has 1 amide bonds. The van der Waals surface area contributed by atoms with Crippen molar-refractivity contribution in [2.24, 2.45) is 5.92 Å². The molecule has 9 nitrogen and oxygen atoms in total. The van der Waals surface area contributed by atoms with Gasteiger partial charge in [-0.05, 0) is 62.6 Å². The van der Waals surface area contributed by atoms with Crippen molar-refractivity contribution in [1.29, 1.82) is 0 Å². The Bertz CT molecular complexity index is 889. The first-order valence-electron chi connectivity index (χ1n) is 13.4. The van der Waals surface area contributed by atoms with Crippen molar-refractivity contribution in [2.75, 3.05) is 39.6 Å². The highest BCUT2D eigenvalue weighted by molar-refractivity contribution is 5.78. The molecule has 2 fully saturated rings. The highest BCUT2D eigenvalue weighted by Crippen LogP contribution is 2.43. The Balaban J connectivity index is 1.56. The number of fused-ring (bicyclic) bond motifs is 1. The standard InChI is InChI=1S/C27H40N2O7/c1-3-12-29(36-13-4-2)25(30)17-28-16-21(19-8-11-23-24(15-19)35-18-34-23)26(27(31)32)22(28)10-9-20-7-5-6-14-33-20/h8,11,15,20-22,26H,3-7,9-10,12-14,16-18H2,1-2H3,(H,31,32)/t20?,21-,22+,26-/m1/s1. The van der Waals surface area contributed by atoms with E-state index in [0.29, 0.717) is 37.6 Å². The topological polar surface area (TPSA) is 97.8 Å². The molecule has 1 N–H and O–H groups in total. The number of carboxylic acid groups (broad SMARTS) is 1.